The summed E-state index contributed by atoms with van der Waals surface area (Å²) < 4.78 is 15.9. The molecule has 1 aromatic carbocycles. The van der Waals surface area contributed by atoms with Crippen LogP contribution in [0.15, 0.2) is 29.6 Å². The summed E-state index contributed by atoms with van der Waals surface area (Å²) in [6.07, 6.45) is 0. The quantitative estimate of drug-likeness (QED) is 0.784. The number of hydrogen-bond donors (Lipinski definition) is 1. The normalized spacial score (nSPS) is 13.7. The Kier molecular flexibility index (Phi) is 5.85. The number of carbonyl (C=O) groups excluding carboxylic acids is 2. The van der Waals surface area contributed by atoms with Gasteiger partial charge in [-0.25, -0.2) is 0 Å². The van der Waals surface area contributed by atoms with Crippen LogP contribution in [-0.4, -0.2) is 51.1 Å². The molecular formula is C19H22N2O5S. The van der Waals surface area contributed by atoms with Crippen LogP contribution in [0.1, 0.15) is 15.2 Å². The molecule has 0 saturated carbocycles. The van der Waals surface area contributed by atoms with E-state index in [1.54, 1.807) is 44.4 Å². The second-order valence-corrected chi connectivity index (χ2v) is 7.08. The summed E-state index contributed by atoms with van der Waals surface area (Å²) >= 11 is 1.41. The second kappa shape index (κ2) is 8.30. The first kappa shape index (κ1) is 19.0. The maximum Gasteiger partial charge on any atom is 0.263 e. The lowest BCUT2D eigenvalue weighted by atomic mass is 9.98. The van der Waals surface area contributed by atoms with Gasteiger partial charge in [0.25, 0.3) is 5.91 Å². The van der Waals surface area contributed by atoms with Crippen LogP contribution in [0.4, 0.5) is 0 Å². The van der Waals surface area contributed by atoms with Crippen LogP contribution >= 0.6 is 11.3 Å². The summed E-state index contributed by atoms with van der Waals surface area (Å²) in [7, 11) is 4.64. The Morgan fingerprint density at radius 1 is 1.15 bits per heavy atom. The highest BCUT2D eigenvalue weighted by Crippen LogP contribution is 2.38. The number of nitrogens with one attached hydrogen (secondary N) is 1. The van der Waals surface area contributed by atoms with Crippen molar-refractivity contribution in [1.29, 1.82) is 0 Å². The standard InChI is InChI=1S/C19H22N2O5S/c1-24-14-7-12(8-15(25-2)17(14)26-3)9-20-18(22)13-10-21(11-13)19(23)16-5-4-6-27-16/h4-8,13H,9-11H2,1-3H3,(H,20,22). The Balaban J connectivity index is 1.55. The van der Waals surface area contributed by atoms with Gasteiger partial charge in [-0.05, 0) is 29.1 Å². The van der Waals surface area contributed by atoms with E-state index in [1.807, 2.05) is 11.4 Å². The maximum atomic E-state index is 12.4. The lowest BCUT2D eigenvalue weighted by molar-refractivity contribution is -0.129. The molecule has 144 valence electrons. The van der Waals surface area contributed by atoms with E-state index >= 15 is 0 Å². The lowest BCUT2D eigenvalue weighted by Crippen LogP contribution is -2.55. The molecule has 1 aromatic heterocycles. The Hall–Kier alpha value is -2.74. The van der Waals surface area contributed by atoms with Gasteiger partial charge in [0.05, 0.1) is 32.1 Å². The number of thiophene rings is 1. The van der Waals surface area contributed by atoms with Gasteiger partial charge in [-0.2, -0.15) is 0 Å². The van der Waals surface area contributed by atoms with Crippen LogP contribution < -0.4 is 19.5 Å². The SMILES string of the molecule is COc1cc(CNC(=O)C2CN(C(=O)c3cccs3)C2)cc(OC)c1OC. The molecule has 1 aliphatic heterocycles. The minimum atomic E-state index is -0.184. The first-order valence-electron chi connectivity index (χ1n) is 8.46. The van der Waals surface area contributed by atoms with Gasteiger partial charge in [0.2, 0.25) is 11.7 Å². The van der Waals surface area contributed by atoms with E-state index < -0.39 is 0 Å². The summed E-state index contributed by atoms with van der Waals surface area (Å²) in [5, 5.41) is 4.78. The number of hydrogen-bond acceptors (Lipinski definition) is 6. The number of benzene rings is 1. The Morgan fingerprint density at radius 3 is 2.33 bits per heavy atom. The van der Waals surface area contributed by atoms with Crippen molar-refractivity contribution >= 4 is 23.2 Å². The van der Waals surface area contributed by atoms with Crippen LogP contribution in [-0.2, 0) is 11.3 Å². The van der Waals surface area contributed by atoms with E-state index in [0.717, 1.165) is 5.56 Å². The van der Waals surface area contributed by atoms with Gasteiger partial charge in [-0.3, -0.25) is 9.59 Å². The molecule has 1 N–H and O–H groups in total. The van der Waals surface area contributed by atoms with Gasteiger partial charge in [0.15, 0.2) is 11.5 Å². The van der Waals surface area contributed by atoms with Crippen LogP contribution in [0.2, 0.25) is 0 Å². The Bertz CT molecular complexity index is 791. The van der Waals surface area contributed by atoms with Crippen LogP contribution in [0.3, 0.4) is 0 Å². The van der Waals surface area contributed by atoms with Gasteiger partial charge < -0.3 is 24.4 Å². The predicted molar refractivity (Wildman–Crippen MR) is 102 cm³/mol. The third-order valence-corrected chi connectivity index (χ3v) is 5.32. The van der Waals surface area contributed by atoms with Crippen molar-refractivity contribution in [3.8, 4) is 17.2 Å². The molecule has 8 heteroatoms. The van der Waals surface area contributed by atoms with Crippen molar-refractivity contribution in [1.82, 2.24) is 10.2 Å². The number of rotatable bonds is 7. The van der Waals surface area contributed by atoms with E-state index in [9.17, 15) is 9.59 Å². The molecule has 1 saturated heterocycles. The van der Waals surface area contributed by atoms with Crippen LogP contribution in [0.25, 0.3) is 0 Å². The number of likely N-dealkylation sites (tertiary alicyclic amines) is 1. The van der Waals surface area contributed by atoms with Crippen molar-refractivity contribution in [2.45, 2.75) is 6.54 Å². The molecule has 2 heterocycles. The molecule has 2 amide bonds. The second-order valence-electron chi connectivity index (χ2n) is 6.14. The summed E-state index contributed by atoms with van der Waals surface area (Å²) in [5.41, 5.74) is 0.837. The molecule has 0 bridgehead atoms. The van der Waals surface area contributed by atoms with Gasteiger partial charge >= 0.3 is 0 Å². The minimum Gasteiger partial charge on any atom is -0.493 e. The van der Waals surface area contributed by atoms with E-state index in [-0.39, 0.29) is 17.7 Å². The van der Waals surface area contributed by atoms with Gasteiger partial charge in [-0.1, -0.05) is 6.07 Å². The smallest absolute Gasteiger partial charge is 0.263 e. The topological polar surface area (TPSA) is 77.1 Å². The van der Waals surface area contributed by atoms with E-state index in [1.165, 1.54) is 11.3 Å². The van der Waals surface area contributed by atoms with Crippen molar-refractivity contribution in [3.63, 3.8) is 0 Å². The molecule has 0 unspecified atom stereocenters. The number of carbonyl (C=O) groups is 2. The first-order chi connectivity index (χ1) is 13.1. The fourth-order valence-electron chi connectivity index (χ4n) is 2.94. The van der Waals surface area contributed by atoms with Crippen molar-refractivity contribution in [2.24, 2.45) is 5.92 Å². The van der Waals surface area contributed by atoms with Crippen molar-refractivity contribution < 1.29 is 23.8 Å². The third kappa shape index (κ3) is 4.00. The van der Waals surface area contributed by atoms with Crippen LogP contribution in [0, 0.1) is 5.92 Å². The molecule has 0 atom stereocenters. The molecule has 0 spiro atoms. The molecule has 0 aliphatic carbocycles. The molecule has 7 nitrogen and oxygen atoms in total. The summed E-state index contributed by atoms with van der Waals surface area (Å²) in [6.45, 7) is 1.22. The number of nitrogens with zero attached hydrogens (tertiary/aromatic N) is 1. The monoisotopic (exact) mass is 390 g/mol. The lowest BCUT2D eigenvalue weighted by Gasteiger charge is -2.37. The first-order valence-corrected chi connectivity index (χ1v) is 9.34. The number of ether oxygens (including phenoxy) is 3. The molecule has 0 radical (unpaired) electrons. The zero-order valence-electron chi connectivity index (χ0n) is 15.5. The number of methoxy groups -OCH3 is 3. The molecule has 1 aliphatic rings. The minimum absolute atomic E-state index is 0.0151. The van der Waals surface area contributed by atoms with E-state index in [0.29, 0.717) is 41.8 Å². The van der Waals surface area contributed by atoms with E-state index in [2.05, 4.69) is 5.32 Å². The number of amides is 2. The Morgan fingerprint density at radius 2 is 1.81 bits per heavy atom. The zero-order valence-corrected chi connectivity index (χ0v) is 16.3. The molecule has 27 heavy (non-hydrogen) atoms. The summed E-state index contributed by atoms with van der Waals surface area (Å²) in [5.74, 6) is 1.32. The summed E-state index contributed by atoms with van der Waals surface area (Å²) in [6, 6.07) is 7.24. The van der Waals surface area contributed by atoms with Crippen molar-refractivity contribution in [2.75, 3.05) is 34.4 Å². The van der Waals surface area contributed by atoms with Crippen LogP contribution in [0.5, 0.6) is 17.2 Å². The van der Waals surface area contributed by atoms with Crippen molar-refractivity contribution in [3.05, 3.63) is 40.1 Å². The maximum absolute atomic E-state index is 12.4. The average molecular weight is 390 g/mol. The fraction of sp³-hybridized carbons (Fsp3) is 0.368. The van der Waals surface area contributed by atoms with Gasteiger partial charge in [-0.15, -0.1) is 11.3 Å². The highest BCUT2D eigenvalue weighted by atomic mass is 32.1. The molecular weight excluding hydrogens is 368 g/mol. The van der Waals surface area contributed by atoms with Gasteiger partial charge in [0.1, 0.15) is 0 Å². The fourth-order valence-corrected chi connectivity index (χ4v) is 3.63. The zero-order chi connectivity index (χ0) is 19.4. The van der Waals surface area contributed by atoms with E-state index in [4.69, 9.17) is 14.2 Å². The Labute approximate surface area is 161 Å². The highest BCUT2D eigenvalue weighted by molar-refractivity contribution is 7.12. The third-order valence-electron chi connectivity index (χ3n) is 4.46. The predicted octanol–water partition coefficient (Wildman–Crippen LogP) is 2.16. The molecule has 1 fully saturated rings. The summed E-state index contributed by atoms with van der Waals surface area (Å²) in [4.78, 5) is 26.9. The molecule has 2 aromatic rings. The average Bonchev–Trinajstić information content (AvgIpc) is 3.18. The largest absolute Gasteiger partial charge is 0.493 e. The highest BCUT2D eigenvalue weighted by Gasteiger charge is 2.36. The van der Waals surface area contributed by atoms with Gasteiger partial charge in [0, 0.05) is 19.6 Å². The molecule has 3 rings (SSSR count).